The Morgan fingerprint density at radius 2 is 2.22 bits per heavy atom. The van der Waals surface area contributed by atoms with E-state index in [-0.39, 0.29) is 0 Å². The lowest BCUT2D eigenvalue weighted by atomic mass is 10.4. The topological polar surface area (TPSA) is 30.7 Å². The van der Waals surface area contributed by atoms with Crippen LogP contribution in [0.25, 0.3) is 0 Å². The number of hydrogen-bond acceptors (Lipinski definition) is 2. The molecule has 9 heavy (non-hydrogen) atoms. The van der Waals surface area contributed by atoms with Gasteiger partial charge < -0.3 is 0 Å². The largest absolute Gasteiger partial charge is 0.187 e. The van der Waals surface area contributed by atoms with Crippen molar-refractivity contribution < 1.29 is 0 Å². The van der Waals surface area contributed by atoms with Gasteiger partial charge in [0.05, 0.1) is 5.69 Å². The molecule has 3 nitrogen and oxygen atoms in total. The van der Waals surface area contributed by atoms with Crippen molar-refractivity contribution in [3.8, 4) is 0 Å². The lowest BCUT2D eigenvalue weighted by Gasteiger charge is -1.82. The fraction of sp³-hybridized carbons (Fsp3) is 0.600. The second-order valence-corrected chi connectivity index (χ2v) is 2.53. The van der Waals surface area contributed by atoms with Gasteiger partial charge in [-0.25, -0.2) is 0 Å². The zero-order chi connectivity index (χ0) is 6.85. The highest BCUT2D eigenvalue weighted by Crippen LogP contribution is 2.09. The molecule has 0 radical (unpaired) electrons. The van der Waals surface area contributed by atoms with Crippen LogP contribution < -0.4 is 0 Å². The van der Waals surface area contributed by atoms with Gasteiger partial charge in [-0.3, -0.25) is 0 Å². The third-order valence-corrected chi connectivity index (χ3v) is 1.69. The molecule has 0 aliphatic rings. The van der Waals surface area contributed by atoms with Crippen molar-refractivity contribution in [1.29, 1.82) is 0 Å². The van der Waals surface area contributed by atoms with E-state index in [9.17, 15) is 0 Å². The summed E-state index contributed by atoms with van der Waals surface area (Å²) in [7, 11) is 1.81. The summed E-state index contributed by atoms with van der Waals surface area (Å²) >= 11 is 3.28. The average molecular weight is 190 g/mol. The van der Waals surface area contributed by atoms with E-state index in [1.807, 2.05) is 7.05 Å². The van der Waals surface area contributed by atoms with Gasteiger partial charge in [-0.05, 0) is 22.4 Å². The maximum absolute atomic E-state index is 4.09. The minimum absolute atomic E-state index is 0.854. The lowest BCUT2D eigenvalue weighted by Crippen LogP contribution is -1.92. The van der Waals surface area contributed by atoms with Crippen molar-refractivity contribution in [3.05, 3.63) is 10.3 Å². The average Bonchev–Trinajstić information content (AvgIpc) is 2.10. The zero-order valence-electron chi connectivity index (χ0n) is 5.43. The predicted octanol–water partition coefficient (Wildman–Crippen LogP) is 1.14. The number of aryl methyl sites for hydroxylation is 2. The van der Waals surface area contributed by atoms with Gasteiger partial charge in [-0.15, -0.1) is 5.10 Å². The predicted molar refractivity (Wildman–Crippen MR) is 38.1 cm³/mol. The third-order valence-electron chi connectivity index (χ3n) is 1.07. The summed E-state index contributed by atoms with van der Waals surface area (Å²) in [6.07, 6.45) is 0.925. The Labute approximate surface area is 62.2 Å². The number of halogens is 1. The summed E-state index contributed by atoms with van der Waals surface area (Å²) in [6.45, 7) is 2.05. The first-order chi connectivity index (χ1) is 4.24. The third kappa shape index (κ3) is 1.30. The smallest absolute Gasteiger partial charge is 0.151 e. The number of rotatable bonds is 1. The zero-order valence-corrected chi connectivity index (χ0v) is 7.01. The fourth-order valence-corrected chi connectivity index (χ4v) is 1.23. The van der Waals surface area contributed by atoms with Crippen LogP contribution in [0.4, 0.5) is 0 Å². The van der Waals surface area contributed by atoms with Gasteiger partial charge in [0.25, 0.3) is 0 Å². The molecule has 0 aliphatic carbocycles. The van der Waals surface area contributed by atoms with Crippen molar-refractivity contribution in [1.82, 2.24) is 15.0 Å². The van der Waals surface area contributed by atoms with Crippen molar-refractivity contribution in [2.24, 2.45) is 7.05 Å². The number of hydrogen-bond donors (Lipinski definition) is 0. The molecule has 0 spiro atoms. The molecule has 0 saturated carbocycles. The molecule has 0 amide bonds. The minimum atomic E-state index is 0.854. The highest BCUT2D eigenvalue weighted by Gasteiger charge is 2.01. The molecule has 1 rings (SSSR count). The second kappa shape index (κ2) is 2.47. The molecule has 0 unspecified atom stereocenters. The molecule has 1 aromatic rings. The van der Waals surface area contributed by atoms with Crippen LogP contribution in [0.15, 0.2) is 4.60 Å². The Morgan fingerprint density at radius 1 is 1.56 bits per heavy atom. The molecule has 0 bridgehead atoms. The van der Waals surface area contributed by atoms with E-state index in [4.69, 9.17) is 0 Å². The first kappa shape index (κ1) is 6.74. The van der Waals surface area contributed by atoms with Gasteiger partial charge in [0.15, 0.2) is 4.60 Å². The molecule has 1 heterocycles. The quantitative estimate of drug-likeness (QED) is 0.664. The van der Waals surface area contributed by atoms with Crippen LogP contribution >= 0.6 is 15.9 Å². The Morgan fingerprint density at radius 3 is 2.44 bits per heavy atom. The molecular weight excluding hydrogens is 182 g/mol. The molecular formula is C5H8BrN3. The normalized spacial score (nSPS) is 10.1. The second-order valence-electron chi connectivity index (χ2n) is 1.78. The summed E-state index contributed by atoms with van der Waals surface area (Å²) in [5.74, 6) is 0. The molecule has 0 aliphatic heterocycles. The SMILES string of the molecule is CCc1nn(C)nc1Br. The number of aromatic nitrogens is 3. The van der Waals surface area contributed by atoms with Crippen LogP contribution in [0.2, 0.25) is 0 Å². The molecule has 4 heteroatoms. The summed E-state index contributed by atoms with van der Waals surface area (Å²) in [4.78, 5) is 1.56. The van der Waals surface area contributed by atoms with Gasteiger partial charge in [0.1, 0.15) is 0 Å². The van der Waals surface area contributed by atoms with E-state index in [2.05, 4.69) is 33.1 Å². The molecule has 0 saturated heterocycles. The standard InChI is InChI=1S/C5H8BrN3/c1-3-4-5(6)8-9(2)7-4/h3H2,1-2H3. The van der Waals surface area contributed by atoms with E-state index < -0.39 is 0 Å². The molecule has 0 atom stereocenters. The van der Waals surface area contributed by atoms with Gasteiger partial charge in [-0.2, -0.15) is 9.90 Å². The van der Waals surface area contributed by atoms with Crippen LogP contribution in [-0.4, -0.2) is 15.0 Å². The summed E-state index contributed by atoms with van der Waals surface area (Å²) in [5.41, 5.74) is 1.01. The first-order valence-corrected chi connectivity index (χ1v) is 3.59. The van der Waals surface area contributed by atoms with E-state index in [0.717, 1.165) is 16.7 Å². The van der Waals surface area contributed by atoms with Crippen LogP contribution in [0, 0.1) is 0 Å². The Bertz CT molecular complexity index is 206. The minimum Gasteiger partial charge on any atom is -0.187 e. The van der Waals surface area contributed by atoms with Gasteiger partial charge in [0, 0.05) is 7.05 Å². The van der Waals surface area contributed by atoms with Crippen LogP contribution in [0.5, 0.6) is 0 Å². The van der Waals surface area contributed by atoms with E-state index >= 15 is 0 Å². The molecule has 0 fully saturated rings. The Hall–Kier alpha value is -0.380. The Balaban J connectivity index is 3.01. The summed E-state index contributed by atoms with van der Waals surface area (Å²) < 4.78 is 0.854. The van der Waals surface area contributed by atoms with E-state index in [1.165, 1.54) is 0 Å². The first-order valence-electron chi connectivity index (χ1n) is 2.79. The van der Waals surface area contributed by atoms with E-state index in [1.54, 1.807) is 4.80 Å². The van der Waals surface area contributed by atoms with Gasteiger partial charge >= 0.3 is 0 Å². The van der Waals surface area contributed by atoms with Crippen molar-refractivity contribution in [3.63, 3.8) is 0 Å². The van der Waals surface area contributed by atoms with Crippen LogP contribution in [-0.2, 0) is 13.5 Å². The molecule has 1 aromatic heterocycles. The Kier molecular flexibility index (Phi) is 1.85. The van der Waals surface area contributed by atoms with Crippen molar-refractivity contribution >= 4 is 15.9 Å². The van der Waals surface area contributed by atoms with Crippen molar-refractivity contribution in [2.75, 3.05) is 0 Å². The maximum atomic E-state index is 4.09. The molecule has 0 aromatic carbocycles. The lowest BCUT2D eigenvalue weighted by molar-refractivity contribution is 0.644. The highest BCUT2D eigenvalue weighted by atomic mass is 79.9. The summed E-state index contributed by atoms with van der Waals surface area (Å²) in [5, 5.41) is 8.09. The summed E-state index contributed by atoms with van der Waals surface area (Å²) in [6, 6.07) is 0. The maximum Gasteiger partial charge on any atom is 0.151 e. The molecule has 0 N–H and O–H groups in total. The number of nitrogens with zero attached hydrogens (tertiary/aromatic N) is 3. The van der Waals surface area contributed by atoms with E-state index in [0.29, 0.717) is 0 Å². The van der Waals surface area contributed by atoms with Crippen molar-refractivity contribution in [2.45, 2.75) is 13.3 Å². The molecule has 50 valence electrons. The van der Waals surface area contributed by atoms with Crippen LogP contribution in [0.3, 0.4) is 0 Å². The van der Waals surface area contributed by atoms with Gasteiger partial charge in [0.2, 0.25) is 0 Å². The monoisotopic (exact) mass is 189 g/mol. The highest BCUT2D eigenvalue weighted by molar-refractivity contribution is 9.10. The fourth-order valence-electron chi connectivity index (χ4n) is 0.640. The van der Waals surface area contributed by atoms with Gasteiger partial charge in [-0.1, -0.05) is 6.92 Å². The van der Waals surface area contributed by atoms with Crippen LogP contribution in [0.1, 0.15) is 12.6 Å².